The Morgan fingerprint density at radius 3 is 1.93 bits per heavy atom. The first kappa shape index (κ1) is 33.8. The van der Waals surface area contributed by atoms with Crippen LogP contribution < -0.4 is 16.8 Å². The Kier molecular flexibility index (Phi) is 11.9. The van der Waals surface area contributed by atoms with E-state index in [4.69, 9.17) is 35.2 Å². The Morgan fingerprint density at radius 2 is 1.29 bits per heavy atom. The number of nitrogens with one attached hydrogen (secondary N) is 1. The Bertz CT molecular complexity index is 999. The first-order valence-corrected chi connectivity index (χ1v) is 14.0. The molecule has 3 aliphatic heterocycles. The quantitative estimate of drug-likeness (QED) is 0.108. The van der Waals surface area contributed by atoms with Crippen molar-refractivity contribution in [1.82, 2.24) is 5.32 Å². The molecule has 0 radical (unpaired) electrons. The summed E-state index contributed by atoms with van der Waals surface area (Å²) >= 11 is 4.45. The maximum atomic E-state index is 11.6. The van der Waals surface area contributed by atoms with Gasteiger partial charge in [0.15, 0.2) is 18.9 Å². The van der Waals surface area contributed by atoms with Crippen molar-refractivity contribution in [1.29, 1.82) is 0 Å². The third-order valence-electron chi connectivity index (χ3n) is 7.80. The Hall–Kier alpha value is -1.07. The number of aliphatic hydroxyl groups excluding tert-OH is 8. The number of rotatable bonds is 10. The molecule has 1 aromatic rings. The van der Waals surface area contributed by atoms with Crippen LogP contribution in [-0.2, 0) is 30.2 Å². The summed E-state index contributed by atoms with van der Waals surface area (Å²) in [5, 5.41) is 85.4. The van der Waals surface area contributed by atoms with E-state index in [2.05, 4.69) is 17.9 Å². The van der Waals surface area contributed by atoms with Crippen LogP contribution in [0.25, 0.3) is 0 Å². The standard InChI is InChI=1S/C25H41N3O13S/c26-14-19(34)21(11(7-30)37-23(14)36)41-25-16(28-5-9-3-1-2-4-13(9)42)20(35)22(12(8-31)39-25)40-24-15(27)18(33)17(32)10(6-29)38-24/h1-4,10-12,14-25,28-36,42H,5-8,26-27H2/t10-,11-,12-,14-,15-,16-,17-,18-,19-,20-,21?,22?,23-,24+,25+/m1/s1. The minimum Gasteiger partial charge on any atom is -0.394 e. The molecular formula is C25H41N3O13S. The van der Waals surface area contributed by atoms with Gasteiger partial charge in [-0.2, -0.15) is 0 Å². The molecule has 0 spiro atoms. The van der Waals surface area contributed by atoms with Crippen LogP contribution in [0.3, 0.4) is 0 Å². The lowest BCUT2D eigenvalue weighted by Crippen LogP contribution is -2.69. The monoisotopic (exact) mass is 623 g/mol. The van der Waals surface area contributed by atoms with Gasteiger partial charge in [-0.1, -0.05) is 18.2 Å². The van der Waals surface area contributed by atoms with Crippen molar-refractivity contribution in [2.75, 3.05) is 19.8 Å². The number of ether oxygens (including phenoxy) is 5. The van der Waals surface area contributed by atoms with E-state index in [1.54, 1.807) is 24.3 Å². The Balaban J connectivity index is 1.60. The second-order valence-electron chi connectivity index (χ2n) is 10.6. The topological polar surface area (TPSA) is 272 Å². The van der Waals surface area contributed by atoms with Crippen molar-refractivity contribution in [3.8, 4) is 0 Å². The van der Waals surface area contributed by atoms with Gasteiger partial charge in [-0.3, -0.25) is 0 Å². The van der Waals surface area contributed by atoms with Gasteiger partial charge in [0.25, 0.3) is 0 Å². The molecule has 4 rings (SSSR count). The molecule has 0 amide bonds. The van der Waals surface area contributed by atoms with Crippen molar-refractivity contribution in [3.63, 3.8) is 0 Å². The molecule has 2 unspecified atom stereocenters. The zero-order valence-corrected chi connectivity index (χ0v) is 23.4. The number of nitrogens with two attached hydrogens (primary N) is 2. The van der Waals surface area contributed by atoms with Crippen LogP contribution in [0.5, 0.6) is 0 Å². The molecule has 0 aliphatic carbocycles. The van der Waals surface area contributed by atoms with E-state index in [-0.39, 0.29) is 6.54 Å². The maximum Gasteiger partial charge on any atom is 0.176 e. The molecule has 0 aromatic heterocycles. The normalized spacial score (nSPS) is 44.7. The van der Waals surface area contributed by atoms with Gasteiger partial charge in [0, 0.05) is 11.4 Å². The van der Waals surface area contributed by atoms with E-state index in [1.165, 1.54) is 0 Å². The van der Waals surface area contributed by atoms with Gasteiger partial charge in [0.1, 0.15) is 54.9 Å². The van der Waals surface area contributed by atoms with Crippen LogP contribution in [0.15, 0.2) is 29.2 Å². The second kappa shape index (κ2) is 14.8. The van der Waals surface area contributed by atoms with E-state index in [9.17, 15) is 40.9 Å². The van der Waals surface area contributed by atoms with Crippen LogP contribution in [0, 0.1) is 0 Å². The van der Waals surface area contributed by atoms with E-state index in [1.807, 2.05) is 0 Å². The van der Waals surface area contributed by atoms with E-state index in [0.717, 1.165) is 5.56 Å². The highest BCUT2D eigenvalue weighted by Gasteiger charge is 2.53. The summed E-state index contributed by atoms with van der Waals surface area (Å²) < 4.78 is 28.7. The molecular weight excluding hydrogens is 582 g/mol. The molecule has 240 valence electrons. The van der Waals surface area contributed by atoms with Gasteiger partial charge in [0.05, 0.1) is 37.9 Å². The summed E-state index contributed by atoms with van der Waals surface area (Å²) in [6.07, 6.45) is -16.9. The van der Waals surface area contributed by atoms with E-state index >= 15 is 0 Å². The van der Waals surface area contributed by atoms with Crippen LogP contribution >= 0.6 is 12.6 Å². The number of benzene rings is 1. The van der Waals surface area contributed by atoms with Crippen LogP contribution in [0.1, 0.15) is 5.56 Å². The molecule has 13 N–H and O–H groups in total. The molecule has 15 atom stereocenters. The first-order chi connectivity index (χ1) is 20.0. The minimum atomic E-state index is -1.57. The van der Waals surface area contributed by atoms with Crippen molar-refractivity contribution in [3.05, 3.63) is 29.8 Å². The second-order valence-corrected chi connectivity index (χ2v) is 11.0. The van der Waals surface area contributed by atoms with E-state index in [0.29, 0.717) is 4.90 Å². The lowest BCUT2D eigenvalue weighted by molar-refractivity contribution is -0.350. The highest BCUT2D eigenvalue weighted by Crippen LogP contribution is 2.32. The summed E-state index contributed by atoms with van der Waals surface area (Å²) in [6.45, 7) is -1.87. The van der Waals surface area contributed by atoms with Crippen molar-refractivity contribution < 1.29 is 64.5 Å². The van der Waals surface area contributed by atoms with Gasteiger partial charge in [-0.05, 0) is 11.6 Å². The summed E-state index contributed by atoms with van der Waals surface area (Å²) in [4.78, 5) is 0.648. The fourth-order valence-electron chi connectivity index (χ4n) is 5.26. The Labute approximate surface area is 247 Å². The summed E-state index contributed by atoms with van der Waals surface area (Å²) in [6, 6.07) is 3.43. The van der Waals surface area contributed by atoms with Crippen molar-refractivity contribution >= 4 is 12.6 Å². The number of hydrogen-bond acceptors (Lipinski definition) is 17. The molecule has 16 nitrogen and oxygen atoms in total. The highest BCUT2D eigenvalue weighted by molar-refractivity contribution is 7.80. The lowest BCUT2D eigenvalue weighted by Gasteiger charge is -2.49. The predicted octanol–water partition coefficient (Wildman–Crippen LogP) is -5.55. The predicted molar refractivity (Wildman–Crippen MR) is 144 cm³/mol. The summed E-state index contributed by atoms with van der Waals surface area (Å²) in [5.74, 6) is 0. The average molecular weight is 624 g/mol. The molecule has 0 bridgehead atoms. The van der Waals surface area contributed by atoms with Crippen LogP contribution in [-0.4, -0.2) is 153 Å². The molecule has 3 aliphatic rings. The van der Waals surface area contributed by atoms with Gasteiger partial charge < -0.3 is 81.3 Å². The third kappa shape index (κ3) is 7.08. The zero-order valence-electron chi connectivity index (χ0n) is 22.5. The first-order valence-electron chi connectivity index (χ1n) is 13.5. The minimum absolute atomic E-state index is 0.142. The molecule has 17 heteroatoms. The fourth-order valence-corrected chi connectivity index (χ4v) is 5.50. The van der Waals surface area contributed by atoms with Gasteiger partial charge >= 0.3 is 0 Å². The largest absolute Gasteiger partial charge is 0.394 e. The molecule has 3 fully saturated rings. The van der Waals surface area contributed by atoms with Crippen LogP contribution in [0.4, 0.5) is 0 Å². The van der Waals surface area contributed by atoms with Gasteiger partial charge in [-0.15, -0.1) is 12.6 Å². The molecule has 0 saturated carbocycles. The SMILES string of the molecule is N[C@H]1[C@H](OC2[C@@H](CO)O[C@@H](OC3[C@@H](CO)O[C@@H](O)[C@H](N)[C@H]3O)[C@H](NCc3ccccc3S)[C@H]2O)O[C@H](CO)[C@@H](O)[C@@H]1O. The van der Waals surface area contributed by atoms with Crippen molar-refractivity contribution in [2.24, 2.45) is 11.5 Å². The smallest absolute Gasteiger partial charge is 0.176 e. The van der Waals surface area contributed by atoms with Gasteiger partial charge in [0.2, 0.25) is 0 Å². The van der Waals surface area contributed by atoms with Crippen LogP contribution in [0.2, 0.25) is 0 Å². The molecule has 3 heterocycles. The molecule has 42 heavy (non-hydrogen) atoms. The lowest BCUT2D eigenvalue weighted by atomic mass is 9.94. The number of thiol groups is 1. The molecule has 3 saturated heterocycles. The van der Waals surface area contributed by atoms with E-state index < -0.39 is 112 Å². The van der Waals surface area contributed by atoms with Crippen molar-refractivity contribution in [2.45, 2.75) is 103 Å². The zero-order chi connectivity index (χ0) is 30.7. The number of hydrogen-bond donors (Lipinski definition) is 12. The highest BCUT2D eigenvalue weighted by atomic mass is 32.1. The molecule has 1 aromatic carbocycles. The Morgan fingerprint density at radius 1 is 0.714 bits per heavy atom. The third-order valence-corrected chi connectivity index (χ3v) is 8.24. The maximum absolute atomic E-state index is 11.6. The number of aliphatic hydroxyl groups is 8. The fraction of sp³-hybridized carbons (Fsp3) is 0.760. The van der Waals surface area contributed by atoms with Gasteiger partial charge in [-0.25, -0.2) is 0 Å². The summed E-state index contributed by atoms with van der Waals surface area (Å²) in [7, 11) is 0. The summed E-state index contributed by atoms with van der Waals surface area (Å²) in [5.41, 5.74) is 12.6. The average Bonchev–Trinajstić information content (AvgIpc) is 2.98.